The molecule has 1 amide bonds. The van der Waals surface area contributed by atoms with Crippen molar-refractivity contribution in [3.05, 3.63) is 12.2 Å². The monoisotopic (exact) mass is 167 g/mol. The highest BCUT2D eigenvalue weighted by Gasteiger charge is 2.21. The lowest BCUT2D eigenvalue weighted by Gasteiger charge is -2.29. The van der Waals surface area contributed by atoms with Crippen LogP contribution in [-0.2, 0) is 4.79 Å². The first-order valence-electron chi connectivity index (χ1n) is 4.58. The lowest BCUT2D eigenvalue weighted by atomic mass is 10.0. The van der Waals surface area contributed by atoms with Gasteiger partial charge in [-0.2, -0.15) is 0 Å². The first-order chi connectivity index (χ1) is 5.61. The Labute approximate surface area is 74.2 Å². The predicted molar refractivity (Wildman–Crippen MR) is 49.8 cm³/mol. The van der Waals surface area contributed by atoms with E-state index in [1.807, 2.05) is 4.90 Å². The van der Waals surface area contributed by atoms with Crippen LogP contribution in [0.1, 0.15) is 26.7 Å². The number of amides is 1. The standard InChI is InChI=1S/C10H17NO/c1-8(2)7-11-6-4-5-9(3)10(11)12/h8H,3-7H2,1-2H3. The molecule has 0 aromatic heterocycles. The fourth-order valence-electron chi connectivity index (χ4n) is 1.53. The summed E-state index contributed by atoms with van der Waals surface area (Å²) in [6, 6.07) is 0. The van der Waals surface area contributed by atoms with Crippen LogP contribution in [0, 0.1) is 5.92 Å². The van der Waals surface area contributed by atoms with Gasteiger partial charge in [0.25, 0.3) is 0 Å². The summed E-state index contributed by atoms with van der Waals surface area (Å²) >= 11 is 0. The Hall–Kier alpha value is -0.790. The third-order valence-electron chi connectivity index (χ3n) is 2.08. The van der Waals surface area contributed by atoms with Gasteiger partial charge in [0.15, 0.2) is 0 Å². The maximum Gasteiger partial charge on any atom is 0.249 e. The number of likely N-dealkylation sites (tertiary alicyclic amines) is 1. The molecule has 0 saturated carbocycles. The Kier molecular flexibility index (Phi) is 2.90. The molecule has 2 nitrogen and oxygen atoms in total. The molecule has 1 aliphatic rings. The van der Waals surface area contributed by atoms with Gasteiger partial charge in [0.05, 0.1) is 0 Å². The summed E-state index contributed by atoms with van der Waals surface area (Å²) in [5, 5.41) is 0. The van der Waals surface area contributed by atoms with Crippen LogP contribution in [0.5, 0.6) is 0 Å². The number of rotatable bonds is 2. The van der Waals surface area contributed by atoms with Crippen molar-refractivity contribution in [1.82, 2.24) is 4.90 Å². The van der Waals surface area contributed by atoms with Crippen molar-refractivity contribution in [3.63, 3.8) is 0 Å². The second-order valence-electron chi connectivity index (χ2n) is 3.85. The van der Waals surface area contributed by atoms with Gasteiger partial charge in [-0.3, -0.25) is 4.79 Å². The first kappa shape index (κ1) is 9.30. The van der Waals surface area contributed by atoms with Crippen LogP contribution in [0.15, 0.2) is 12.2 Å². The van der Waals surface area contributed by atoms with E-state index in [2.05, 4.69) is 20.4 Å². The third-order valence-corrected chi connectivity index (χ3v) is 2.08. The largest absolute Gasteiger partial charge is 0.339 e. The molecule has 0 N–H and O–H groups in total. The van der Waals surface area contributed by atoms with Gasteiger partial charge in [-0.1, -0.05) is 20.4 Å². The highest BCUT2D eigenvalue weighted by atomic mass is 16.2. The lowest BCUT2D eigenvalue weighted by molar-refractivity contribution is -0.129. The molecule has 1 aliphatic heterocycles. The van der Waals surface area contributed by atoms with Gasteiger partial charge in [-0.25, -0.2) is 0 Å². The van der Waals surface area contributed by atoms with Crippen LogP contribution in [-0.4, -0.2) is 23.9 Å². The molecule has 0 atom stereocenters. The van der Waals surface area contributed by atoms with Gasteiger partial charge in [-0.05, 0) is 18.8 Å². The van der Waals surface area contributed by atoms with Crippen LogP contribution < -0.4 is 0 Å². The summed E-state index contributed by atoms with van der Waals surface area (Å²) in [4.78, 5) is 13.4. The molecule has 12 heavy (non-hydrogen) atoms. The molecule has 1 fully saturated rings. The van der Waals surface area contributed by atoms with E-state index in [1.165, 1.54) is 0 Å². The van der Waals surface area contributed by atoms with Gasteiger partial charge in [0.2, 0.25) is 5.91 Å². The van der Waals surface area contributed by atoms with Crippen molar-refractivity contribution in [2.75, 3.05) is 13.1 Å². The highest BCUT2D eigenvalue weighted by Crippen LogP contribution is 2.16. The summed E-state index contributed by atoms with van der Waals surface area (Å²) in [6.45, 7) is 9.81. The molecule has 68 valence electrons. The van der Waals surface area contributed by atoms with E-state index in [0.29, 0.717) is 5.92 Å². The van der Waals surface area contributed by atoms with Gasteiger partial charge in [-0.15, -0.1) is 0 Å². The van der Waals surface area contributed by atoms with Crippen molar-refractivity contribution in [3.8, 4) is 0 Å². The number of hydrogen-bond acceptors (Lipinski definition) is 1. The van der Waals surface area contributed by atoms with Crippen LogP contribution in [0.3, 0.4) is 0 Å². The maximum atomic E-state index is 11.5. The molecule has 0 aliphatic carbocycles. The van der Waals surface area contributed by atoms with Crippen LogP contribution >= 0.6 is 0 Å². The Morgan fingerprint density at radius 3 is 2.83 bits per heavy atom. The van der Waals surface area contributed by atoms with Gasteiger partial charge in [0.1, 0.15) is 0 Å². The number of carbonyl (C=O) groups excluding carboxylic acids is 1. The van der Waals surface area contributed by atoms with E-state index in [1.54, 1.807) is 0 Å². The van der Waals surface area contributed by atoms with Crippen LogP contribution in [0.25, 0.3) is 0 Å². The Balaban J connectivity index is 2.52. The lowest BCUT2D eigenvalue weighted by Crippen LogP contribution is -2.38. The van der Waals surface area contributed by atoms with E-state index in [4.69, 9.17) is 0 Å². The van der Waals surface area contributed by atoms with Crippen LogP contribution in [0.2, 0.25) is 0 Å². The Morgan fingerprint density at radius 1 is 1.58 bits per heavy atom. The fourth-order valence-corrected chi connectivity index (χ4v) is 1.53. The van der Waals surface area contributed by atoms with Crippen LogP contribution in [0.4, 0.5) is 0 Å². The Morgan fingerprint density at radius 2 is 2.25 bits per heavy atom. The third kappa shape index (κ3) is 2.10. The zero-order valence-electron chi connectivity index (χ0n) is 7.97. The predicted octanol–water partition coefficient (Wildman–Crippen LogP) is 1.82. The maximum absolute atomic E-state index is 11.5. The summed E-state index contributed by atoms with van der Waals surface area (Å²) in [6.07, 6.45) is 1.96. The number of carbonyl (C=O) groups is 1. The van der Waals surface area contributed by atoms with Crippen molar-refractivity contribution < 1.29 is 4.79 Å². The zero-order valence-corrected chi connectivity index (χ0v) is 7.97. The quantitative estimate of drug-likeness (QED) is 0.574. The molecular formula is C10H17NO. The second kappa shape index (κ2) is 3.74. The molecule has 0 bridgehead atoms. The summed E-state index contributed by atoms with van der Waals surface area (Å²) in [5.41, 5.74) is 0.780. The number of hydrogen-bond donors (Lipinski definition) is 0. The molecule has 2 heteroatoms. The first-order valence-corrected chi connectivity index (χ1v) is 4.58. The minimum absolute atomic E-state index is 0.162. The smallest absolute Gasteiger partial charge is 0.249 e. The zero-order chi connectivity index (χ0) is 9.14. The molecule has 0 unspecified atom stereocenters. The van der Waals surface area contributed by atoms with E-state index < -0.39 is 0 Å². The SMILES string of the molecule is C=C1CCCN(CC(C)C)C1=O. The van der Waals surface area contributed by atoms with E-state index in [-0.39, 0.29) is 5.91 Å². The molecule has 0 aromatic carbocycles. The molecule has 1 rings (SSSR count). The molecule has 0 aromatic rings. The number of piperidine rings is 1. The summed E-state index contributed by atoms with van der Waals surface area (Å²) < 4.78 is 0. The molecule has 0 radical (unpaired) electrons. The van der Waals surface area contributed by atoms with Crippen molar-refractivity contribution >= 4 is 5.91 Å². The van der Waals surface area contributed by atoms with Gasteiger partial charge in [0, 0.05) is 18.7 Å². The molecule has 1 saturated heterocycles. The average Bonchev–Trinajstić information content (AvgIpc) is 1.98. The highest BCUT2D eigenvalue weighted by molar-refractivity contribution is 5.93. The van der Waals surface area contributed by atoms with Crippen molar-refractivity contribution in [1.29, 1.82) is 0 Å². The fraction of sp³-hybridized carbons (Fsp3) is 0.700. The van der Waals surface area contributed by atoms with E-state index in [0.717, 1.165) is 31.5 Å². The van der Waals surface area contributed by atoms with Gasteiger partial charge < -0.3 is 4.90 Å². The minimum atomic E-state index is 0.162. The molecule has 1 heterocycles. The van der Waals surface area contributed by atoms with E-state index >= 15 is 0 Å². The summed E-state index contributed by atoms with van der Waals surface area (Å²) in [5.74, 6) is 0.717. The van der Waals surface area contributed by atoms with Gasteiger partial charge >= 0.3 is 0 Å². The molecule has 0 spiro atoms. The van der Waals surface area contributed by atoms with Crippen molar-refractivity contribution in [2.45, 2.75) is 26.7 Å². The Bertz CT molecular complexity index is 196. The normalized spacial score (nSPS) is 19.1. The second-order valence-corrected chi connectivity index (χ2v) is 3.85. The molecular weight excluding hydrogens is 150 g/mol. The minimum Gasteiger partial charge on any atom is -0.339 e. The van der Waals surface area contributed by atoms with E-state index in [9.17, 15) is 4.79 Å². The average molecular weight is 167 g/mol. The van der Waals surface area contributed by atoms with Crippen molar-refractivity contribution in [2.24, 2.45) is 5.92 Å². The summed E-state index contributed by atoms with van der Waals surface area (Å²) in [7, 11) is 0. The number of nitrogens with zero attached hydrogens (tertiary/aromatic N) is 1. The topological polar surface area (TPSA) is 20.3 Å².